The minimum Gasteiger partial charge on any atom is -0.355 e. The fourth-order valence-corrected chi connectivity index (χ4v) is 3.13. The van der Waals surface area contributed by atoms with Crippen molar-refractivity contribution in [1.82, 2.24) is 5.32 Å². The monoisotopic (exact) mass is 342 g/mol. The van der Waals surface area contributed by atoms with Gasteiger partial charge in [0.2, 0.25) is 11.8 Å². The molecule has 1 heterocycles. The number of hydrogen-bond donors (Lipinski definition) is 1. The van der Waals surface area contributed by atoms with Gasteiger partial charge in [-0.3, -0.25) is 9.59 Å². The highest BCUT2D eigenvalue weighted by Gasteiger charge is 2.23. The summed E-state index contributed by atoms with van der Waals surface area (Å²) in [4.78, 5) is 25.4. The molecule has 0 spiro atoms. The Labute approximate surface area is 146 Å². The Kier molecular flexibility index (Phi) is 4.86. The van der Waals surface area contributed by atoms with E-state index in [2.05, 4.69) is 11.4 Å². The molecule has 2 aromatic carbocycles. The van der Waals surface area contributed by atoms with Crippen molar-refractivity contribution >= 4 is 29.1 Å². The fourth-order valence-electron chi connectivity index (χ4n) is 2.92. The number of halogens is 1. The number of carbonyl (C=O) groups is 2. The maximum absolute atomic E-state index is 12.0. The Morgan fingerprint density at radius 1 is 1.21 bits per heavy atom. The third kappa shape index (κ3) is 3.77. The predicted molar refractivity (Wildman–Crippen MR) is 95.4 cm³/mol. The number of nitrogens with one attached hydrogen (secondary N) is 1. The van der Waals surface area contributed by atoms with Crippen LogP contribution in [0.3, 0.4) is 0 Å². The lowest BCUT2D eigenvalue weighted by Gasteiger charge is -2.11. The van der Waals surface area contributed by atoms with E-state index in [0.717, 1.165) is 28.8 Å². The van der Waals surface area contributed by atoms with Gasteiger partial charge >= 0.3 is 0 Å². The molecular formula is C19H19ClN2O2. The average molecular weight is 343 g/mol. The molecule has 1 aliphatic rings. The van der Waals surface area contributed by atoms with Gasteiger partial charge in [0.05, 0.1) is 12.8 Å². The first-order valence-corrected chi connectivity index (χ1v) is 8.30. The minimum atomic E-state index is -0.0201. The van der Waals surface area contributed by atoms with Gasteiger partial charge in [-0.1, -0.05) is 35.9 Å². The number of carbonyl (C=O) groups excluding carboxylic acids is 2. The molecule has 0 aromatic heterocycles. The van der Waals surface area contributed by atoms with Gasteiger partial charge in [0.15, 0.2) is 0 Å². The highest BCUT2D eigenvalue weighted by atomic mass is 35.5. The Morgan fingerprint density at radius 2 is 2.04 bits per heavy atom. The molecule has 4 nitrogen and oxygen atoms in total. The molecular weight excluding hydrogens is 324 g/mol. The first-order chi connectivity index (χ1) is 11.5. The van der Waals surface area contributed by atoms with E-state index in [9.17, 15) is 9.59 Å². The van der Waals surface area contributed by atoms with Gasteiger partial charge in [-0.05, 0) is 41.3 Å². The quantitative estimate of drug-likeness (QED) is 0.908. The molecule has 0 unspecified atom stereocenters. The number of rotatable bonds is 5. The zero-order valence-corrected chi connectivity index (χ0v) is 14.3. The molecule has 124 valence electrons. The lowest BCUT2D eigenvalue weighted by molar-refractivity contribution is -0.120. The summed E-state index contributed by atoms with van der Waals surface area (Å²) in [7, 11) is 1.80. The molecule has 2 aromatic rings. The summed E-state index contributed by atoms with van der Waals surface area (Å²) in [6.45, 7) is 0.571. The second-order valence-corrected chi connectivity index (χ2v) is 6.44. The van der Waals surface area contributed by atoms with E-state index in [1.807, 2.05) is 24.3 Å². The number of anilines is 1. The molecule has 3 rings (SSSR count). The third-order valence-corrected chi connectivity index (χ3v) is 4.45. The molecule has 0 saturated heterocycles. The molecule has 0 radical (unpaired) electrons. The van der Waals surface area contributed by atoms with Gasteiger partial charge in [0, 0.05) is 24.3 Å². The lowest BCUT2D eigenvalue weighted by atomic mass is 10.1. The zero-order chi connectivity index (χ0) is 17.1. The van der Waals surface area contributed by atoms with Crippen LogP contribution in [-0.2, 0) is 28.9 Å². The number of fused-ring (bicyclic) bond motifs is 1. The van der Waals surface area contributed by atoms with E-state index in [4.69, 9.17) is 11.6 Å². The molecule has 0 saturated carbocycles. The van der Waals surface area contributed by atoms with Crippen molar-refractivity contribution < 1.29 is 9.59 Å². The van der Waals surface area contributed by atoms with Gasteiger partial charge in [-0.2, -0.15) is 0 Å². The topological polar surface area (TPSA) is 49.4 Å². The van der Waals surface area contributed by atoms with Crippen LogP contribution in [0, 0.1) is 0 Å². The fraction of sp³-hybridized carbons (Fsp3) is 0.263. The molecule has 1 N–H and O–H groups in total. The summed E-state index contributed by atoms with van der Waals surface area (Å²) in [5.74, 6) is 0.102. The van der Waals surface area contributed by atoms with Crippen molar-refractivity contribution in [2.24, 2.45) is 0 Å². The predicted octanol–water partition coefficient (Wildman–Crippen LogP) is 2.76. The summed E-state index contributed by atoms with van der Waals surface area (Å²) in [6, 6.07) is 13.4. The Morgan fingerprint density at radius 3 is 2.83 bits per heavy atom. The summed E-state index contributed by atoms with van der Waals surface area (Å²) in [5.41, 5.74) is 4.07. The van der Waals surface area contributed by atoms with E-state index in [0.29, 0.717) is 24.4 Å². The van der Waals surface area contributed by atoms with Crippen molar-refractivity contribution in [2.75, 3.05) is 18.5 Å². The number of hydrogen-bond acceptors (Lipinski definition) is 2. The van der Waals surface area contributed by atoms with Crippen LogP contribution in [0.2, 0.25) is 5.02 Å². The summed E-state index contributed by atoms with van der Waals surface area (Å²) in [5, 5.41) is 3.56. The van der Waals surface area contributed by atoms with E-state index in [1.54, 1.807) is 24.1 Å². The average Bonchev–Trinajstić information content (AvgIpc) is 2.81. The van der Waals surface area contributed by atoms with E-state index in [1.165, 1.54) is 0 Å². The minimum absolute atomic E-state index is 0.0201. The van der Waals surface area contributed by atoms with Crippen molar-refractivity contribution in [1.29, 1.82) is 0 Å². The summed E-state index contributed by atoms with van der Waals surface area (Å²) in [6.07, 6.45) is 1.53. The maximum Gasteiger partial charge on any atom is 0.231 e. The Hall–Kier alpha value is -2.33. The number of likely N-dealkylation sites (N-methyl/N-ethyl adjacent to an activating group) is 1. The van der Waals surface area contributed by atoms with Crippen LogP contribution in [0.25, 0.3) is 0 Å². The van der Waals surface area contributed by atoms with Crippen molar-refractivity contribution in [3.63, 3.8) is 0 Å². The van der Waals surface area contributed by atoms with Crippen molar-refractivity contribution in [3.8, 4) is 0 Å². The van der Waals surface area contributed by atoms with Crippen LogP contribution < -0.4 is 10.2 Å². The van der Waals surface area contributed by atoms with Crippen LogP contribution in [0.1, 0.15) is 16.7 Å². The molecule has 2 amide bonds. The molecule has 24 heavy (non-hydrogen) atoms. The number of nitrogens with zero attached hydrogens (tertiary/aromatic N) is 1. The van der Waals surface area contributed by atoms with Gasteiger partial charge in [-0.25, -0.2) is 0 Å². The molecule has 1 aliphatic heterocycles. The van der Waals surface area contributed by atoms with Crippen molar-refractivity contribution in [3.05, 3.63) is 64.2 Å². The van der Waals surface area contributed by atoms with Crippen LogP contribution in [0.5, 0.6) is 0 Å². The first kappa shape index (κ1) is 16.5. The number of benzene rings is 2. The zero-order valence-electron chi connectivity index (χ0n) is 13.5. The molecule has 0 fully saturated rings. The summed E-state index contributed by atoms with van der Waals surface area (Å²) < 4.78 is 0. The highest BCUT2D eigenvalue weighted by Crippen LogP contribution is 2.28. The largest absolute Gasteiger partial charge is 0.355 e. The van der Waals surface area contributed by atoms with Crippen LogP contribution in [0.15, 0.2) is 42.5 Å². The highest BCUT2D eigenvalue weighted by molar-refractivity contribution is 6.30. The second kappa shape index (κ2) is 7.05. The molecule has 5 heteroatoms. The lowest BCUT2D eigenvalue weighted by Crippen LogP contribution is -2.27. The number of amides is 2. The van der Waals surface area contributed by atoms with E-state index in [-0.39, 0.29) is 11.8 Å². The van der Waals surface area contributed by atoms with E-state index < -0.39 is 0 Å². The maximum atomic E-state index is 12.0. The SMILES string of the molecule is CN1C(=O)Cc2cc(CCNC(=O)Cc3cccc(Cl)c3)ccc21. The first-order valence-electron chi connectivity index (χ1n) is 7.92. The standard InChI is InChI=1S/C19H19ClN2O2/c1-22-17-6-5-13(9-15(17)12-19(22)24)7-8-21-18(23)11-14-3-2-4-16(20)10-14/h2-6,9-10H,7-8,11-12H2,1H3,(H,21,23). The molecule has 0 atom stereocenters. The van der Waals surface area contributed by atoms with Crippen LogP contribution in [0.4, 0.5) is 5.69 Å². The van der Waals surface area contributed by atoms with Gasteiger partial charge in [0.25, 0.3) is 0 Å². The Bertz CT molecular complexity index is 789. The third-order valence-electron chi connectivity index (χ3n) is 4.21. The van der Waals surface area contributed by atoms with E-state index >= 15 is 0 Å². The molecule has 0 bridgehead atoms. The summed E-state index contributed by atoms with van der Waals surface area (Å²) >= 11 is 5.92. The molecule has 0 aliphatic carbocycles. The Balaban J connectivity index is 1.51. The van der Waals surface area contributed by atoms with Gasteiger partial charge in [0.1, 0.15) is 0 Å². The van der Waals surface area contributed by atoms with Crippen LogP contribution in [-0.4, -0.2) is 25.4 Å². The van der Waals surface area contributed by atoms with Crippen LogP contribution >= 0.6 is 11.6 Å². The second-order valence-electron chi connectivity index (χ2n) is 6.00. The van der Waals surface area contributed by atoms with Gasteiger partial charge in [-0.15, -0.1) is 0 Å². The smallest absolute Gasteiger partial charge is 0.231 e. The van der Waals surface area contributed by atoms with Gasteiger partial charge < -0.3 is 10.2 Å². The normalized spacial score (nSPS) is 13.1. The van der Waals surface area contributed by atoms with Crippen molar-refractivity contribution in [2.45, 2.75) is 19.3 Å².